The number of anilines is 1. The molecule has 158 valence electrons. The van der Waals surface area contributed by atoms with Gasteiger partial charge in [-0.1, -0.05) is 0 Å². The van der Waals surface area contributed by atoms with Gasteiger partial charge < -0.3 is 15.1 Å². The third-order valence-corrected chi connectivity index (χ3v) is 5.59. The number of benzene rings is 1. The summed E-state index contributed by atoms with van der Waals surface area (Å²) in [6.07, 6.45) is -2.16. The number of pyridine rings is 1. The monoisotopic (exact) mass is 418 g/mol. The van der Waals surface area contributed by atoms with E-state index >= 15 is 0 Å². The summed E-state index contributed by atoms with van der Waals surface area (Å²) >= 11 is 0. The van der Waals surface area contributed by atoms with Gasteiger partial charge in [0.15, 0.2) is 5.82 Å². The third-order valence-electron chi connectivity index (χ3n) is 5.59. The first-order valence-corrected chi connectivity index (χ1v) is 9.55. The van der Waals surface area contributed by atoms with Crippen LogP contribution in [-0.2, 0) is 6.18 Å². The molecule has 1 aliphatic rings. The van der Waals surface area contributed by atoms with Gasteiger partial charge in [-0.2, -0.15) is 13.2 Å². The molecular weight excluding hydrogens is 397 g/mol. The Kier molecular flexibility index (Phi) is 4.80. The van der Waals surface area contributed by atoms with Crippen molar-refractivity contribution >= 4 is 16.7 Å². The van der Waals surface area contributed by atoms with Crippen LogP contribution in [0.2, 0.25) is 0 Å². The molecule has 0 aliphatic carbocycles. The van der Waals surface area contributed by atoms with E-state index in [1.54, 1.807) is 32.2 Å². The average molecular weight is 418 g/mol. The first kappa shape index (κ1) is 20.3. The summed E-state index contributed by atoms with van der Waals surface area (Å²) in [7, 11) is 0. The van der Waals surface area contributed by atoms with Gasteiger partial charge in [0.25, 0.3) is 0 Å². The number of aliphatic hydroxyl groups is 1. The number of halogens is 3. The SMILES string of the molecule is CC(C)(O)[C@H]1CCN(c2nnc(-c3ccc(C(F)(F)F)cc3O)c3cccnc23)C1. The van der Waals surface area contributed by atoms with Crippen LogP contribution in [0.15, 0.2) is 36.5 Å². The van der Waals surface area contributed by atoms with Crippen molar-refractivity contribution < 1.29 is 23.4 Å². The van der Waals surface area contributed by atoms with E-state index in [2.05, 4.69) is 15.2 Å². The van der Waals surface area contributed by atoms with Crippen LogP contribution in [-0.4, -0.2) is 44.1 Å². The normalized spacial score (nSPS) is 17.7. The summed E-state index contributed by atoms with van der Waals surface area (Å²) in [6.45, 7) is 4.83. The lowest BCUT2D eigenvalue weighted by Crippen LogP contribution is -2.33. The Labute approximate surface area is 171 Å². The minimum atomic E-state index is -4.55. The van der Waals surface area contributed by atoms with Crippen LogP contribution in [0.5, 0.6) is 5.75 Å². The highest BCUT2D eigenvalue weighted by molar-refractivity contribution is 5.98. The van der Waals surface area contributed by atoms with E-state index < -0.39 is 23.1 Å². The van der Waals surface area contributed by atoms with E-state index in [-0.39, 0.29) is 17.2 Å². The molecule has 2 aromatic heterocycles. The molecule has 0 amide bonds. The van der Waals surface area contributed by atoms with Crippen LogP contribution in [0.3, 0.4) is 0 Å². The lowest BCUT2D eigenvalue weighted by Gasteiger charge is -2.26. The molecule has 6 nitrogen and oxygen atoms in total. The summed E-state index contributed by atoms with van der Waals surface area (Å²) in [5, 5.41) is 29.7. The Bertz CT molecular complexity index is 1100. The highest BCUT2D eigenvalue weighted by atomic mass is 19.4. The van der Waals surface area contributed by atoms with Gasteiger partial charge in [0, 0.05) is 36.2 Å². The largest absolute Gasteiger partial charge is 0.507 e. The molecule has 3 aromatic rings. The van der Waals surface area contributed by atoms with E-state index in [9.17, 15) is 23.4 Å². The second-order valence-corrected chi connectivity index (χ2v) is 8.09. The molecule has 9 heteroatoms. The number of hydrogen-bond acceptors (Lipinski definition) is 6. The van der Waals surface area contributed by atoms with E-state index in [0.29, 0.717) is 35.9 Å². The van der Waals surface area contributed by atoms with Crippen molar-refractivity contribution in [1.29, 1.82) is 0 Å². The van der Waals surface area contributed by atoms with Crippen molar-refractivity contribution in [3.05, 3.63) is 42.1 Å². The van der Waals surface area contributed by atoms with Gasteiger partial charge in [0.1, 0.15) is 17.0 Å². The van der Waals surface area contributed by atoms with Gasteiger partial charge in [0.2, 0.25) is 0 Å². The number of aromatic nitrogens is 3. The smallest absolute Gasteiger partial charge is 0.416 e. The Morgan fingerprint density at radius 3 is 2.53 bits per heavy atom. The fourth-order valence-electron chi connectivity index (χ4n) is 3.82. The molecule has 0 spiro atoms. The minimum Gasteiger partial charge on any atom is -0.507 e. The molecule has 1 aromatic carbocycles. The molecule has 1 atom stereocenters. The maximum Gasteiger partial charge on any atom is 0.416 e. The van der Waals surface area contributed by atoms with Crippen LogP contribution < -0.4 is 4.90 Å². The highest BCUT2D eigenvalue weighted by Crippen LogP contribution is 2.39. The molecule has 0 unspecified atom stereocenters. The zero-order valence-corrected chi connectivity index (χ0v) is 16.5. The minimum absolute atomic E-state index is 0.0664. The Balaban J connectivity index is 1.78. The van der Waals surface area contributed by atoms with Crippen LogP contribution >= 0.6 is 0 Å². The van der Waals surface area contributed by atoms with E-state index in [4.69, 9.17) is 0 Å². The van der Waals surface area contributed by atoms with Gasteiger partial charge in [-0.3, -0.25) is 4.98 Å². The molecule has 30 heavy (non-hydrogen) atoms. The van der Waals surface area contributed by atoms with Crippen molar-refractivity contribution in [1.82, 2.24) is 15.2 Å². The van der Waals surface area contributed by atoms with Crippen molar-refractivity contribution in [2.24, 2.45) is 5.92 Å². The summed E-state index contributed by atoms with van der Waals surface area (Å²) in [5.74, 6) is 0.0875. The average Bonchev–Trinajstić information content (AvgIpc) is 3.17. The lowest BCUT2D eigenvalue weighted by atomic mass is 9.90. The van der Waals surface area contributed by atoms with E-state index in [1.807, 2.05) is 4.90 Å². The zero-order chi connectivity index (χ0) is 21.7. The van der Waals surface area contributed by atoms with Crippen LogP contribution in [0.25, 0.3) is 22.2 Å². The topological polar surface area (TPSA) is 82.4 Å². The number of phenols is 1. The first-order valence-electron chi connectivity index (χ1n) is 9.55. The number of fused-ring (bicyclic) bond motifs is 1. The van der Waals surface area contributed by atoms with Crippen molar-refractivity contribution in [3.63, 3.8) is 0 Å². The molecule has 1 aliphatic heterocycles. The molecule has 1 saturated heterocycles. The molecule has 0 bridgehead atoms. The van der Waals surface area contributed by atoms with Crippen molar-refractivity contribution in [2.75, 3.05) is 18.0 Å². The zero-order valence-electron chi connectivity index (χ0n) is 16.5. The first-order chi connectivity index (χ1) is 14.1. The Morgan fingerprint density at radius 1 is 1.13 bits per heavy atom. The van der Waals surface area contributed by atoms with Gasteiger partial charge in [-0.05, 0) is 50.6 Å². The van der Waals surface area contributed by atoms with Gasteiger partial charge in [-0.25, -0.2) is 0 Å². The molecule has 0 saturated carbocycles. The molecule has 4 rings (SSSR count). The highest BCUT2D eigenvalue weighted by Gasteiger charge is 2.35. The van der Waals surface area contributed by atoms with Gasteiger partial charge >= 0.3 is 6.18 Å². The van der Waals surface area contributed by atoms with Crippen molar-refractivity contribution in [2.45, 2.75) is 32.0 Å². The second kappa shape index (κ2) is 7.09. The summed E-state index contributed by atoms with van der Waals surface area (Å²) in [4.78, 5) is 6.42. The number of rotatable bonds is 3. The summed E-state index contributed by atoms with van der Waals surface area (Å²) < 4.78 is 38.8. The number of aromatic hydroxyl groups is 1. The number of alkyl halides is 3. The van der Waals surface area contributed by atoms with Crippen LogP contribution in [0, 0.1) is 5.92 Å². The van der Waals surface area contributed by atoms with E-state index in [0.717, 1.165) is 12.5 Å². The predicted molar refractivity (Wildman–Crippen MR) is 106 cm³/mol. The maximum atomic E-state index is 12.9. The fraction of sp³-hybridized carbons (Fsp3) is 0.381. The van der Waals surface area contributed by atoms with Gasteiger partial charge in [0.05, 0.1) is 11.2 Å². The molecule has 3 heterocycles. The van der Waals surface area contributed by atoms with E-state index in [1.165, 1.54) is 6.07 Å². The number of nitrogens with zero attached hydrogens (tertiary/aromatic N) is 4. The maximum absolute atomic E-state index is 12.9. The van der Waals surface area contributed by atoms with Crippen molar-refractivity contribution in [3.8, 4) is 17.0 Å². The molecular formula is C21H21F3N4O2. The fourth-order valence-corrected chi connectivity index (χ4v) is 3.82. The van der Waals surface area contributed by atoms with Crippen LogP contribution in [0.1, 0.15) is 25.8 Å². The van der Waals surface area contributed by atoms with Crippen LogP contribution in [0.4, 0.5) is 19.0 Å². The number of phenolic OH excluding ortho intramolecular Hbond substituents is 1. The second-order valence-electron chi connectivity index (χ2n) is 8.09. The van der Waals surface area contributed by atoms with Gasteiger partial charge in [-0.15, -0.1) is 10.2 Å². The number of hydrogen-bond donors (Lipinski definition) is 2. The summed E-state index contributed by atoms with van der Waals surface area (Å²) in [6, 6.07) is 6.22. The standard InChI is InChI=1S/C21H21F3N4O2/c1-20(2,30)13-7-9-28(11-13)19-18-15(4-3-8-25-18)17(26-27-19)14-6-5-12(10-16(14)29)21(22,23)24/h3-6,8,10,13,29-30H,7,9,11H2,1-2H3/t13-/m0/s1. The Morgan fingerprint density at radius 2 is 1.90 bits per heavy atom. The lowest BCUT2D eigenvalue weighted by molar-refractivity contribution is -0.137. The predicted octanol–water partition coefficient (Wildman–Crippen LogP) is 4.01. The molecule has 1 fully saturated rings. The molecule has 2 N–H and O–H groups in total. The third kappa shape index (κ3) is 3.65. The quantitative estimate of drug-likeness (QED) is 0.669. The summed E-state index contributed by atoms with van der Waals surface area (Å²) in [5.41, 5.74) is -0.817. The molecule has 0 radical (unpaired) electrons. The Hall–Kier alpha value is -2.94.